The Hall–Kier alpha value is -2.92. The second-order valence-electron chi connectivity index (χ2n) is 5.05. The Morgan fingerprint density at radius 2 is 2.00 bits per heavy atom. The van der Waals surface area contributed by atoms with E-state index in [0.29, 0.717) is 11.6 Å². The van der Waals surface area contributed by atoms with Crippen molar-refractivity contribution >= 4 is 22.4 Å². The van der Waals surface area contributed by atoms with Crippen molar-refractivity contribution < 1.29 is 14.6 Å². The molecule has 116 valence electrons. The number of amides is 1. The van der Waals surface area contributed by atoms with Crippen LogP contribution in [0, 0.1) is 0 Å². The number of fused-ring (bicyclic) bond motifs is 1. The highest BCUT2D eigenvalue weighted by Crippen LogP contribution is 2.24. The molecule has 1 aromatic heterocycles. The minimum absolute atomic E-state index is 0.0776. The molecule has 1 heterocycles. The van der Waals surface area contributed by atoms with Crippen LogP contribution in [0.5, 0.6) is 5.88 Å². The van der Waals surface area contributed by atoms with Gasteiger partial charge in [-0.2, -0.15) is 0 Å². The van der Waals surface area contributed by atoms with E-state index >= 15 is 0 Å². The second-order valence-corrected chi connectivity index (χ2v) is 5.05. The van der Waals surface area contributed by atoms with Crippen LogP contribution in [0.1, 0.15) is 16.1 Å². The first-order valence-electron chi connectivity index (χ1n) is 7.16. The van der Waals surface area contributed by atoms with E-state index in [2.05, 4.69) is 10.3 Å². The Morgan fingerprint density at radius 3 is 2.78 bits per heavy atom. The smallest absolute Gasteiger partial charge is 0.274 e. The molecular formula is C18H16N2O3. The SMILES string of the molecule is COc1nc(C(=O)Nc2cccc(CO)c2)cc2ccccc12. The highest BCUT2D eigenvalue weighted by molar-refractivity contribution is 6.05. The van der Waals surface area contributed by atoms with Gasteiger partial charge in [0, 0.05) is 11.1 Å². The molecule has 0 atom stereocenters. The number of nitrogens with one attached hydrogen (secondary N) is 1. The Labute approximate surface area is 133 Å². The third kappa shape index (κ3) is 3.14. The molecule has 5 heteroatoms. The number of anilines is 1. The number of aliphatic hydroxyl groups excluding tert-OH is 1. The largest absolute Gasteiger partial charge is 0.481 e. The number of hydrogen-bond donors (Lipinski definition) is 2. The van der Waals surface area contributed by atoms with E-state index in [4.69, 9.17) is 9.84 Å². The Morgan fingerprint density at radius 1 is 1.17 bits per heavy atom. The van der Waals surface area contributed by atoms with Crippen LogP contribution in [-0.2, 0) is 6.61 Å². The molecule has 5 nitrogen and oxygen atoms in total. The maximum atomic E-state index is 12.4. The van der Waals surface area contributed by atoms with Crippen LogP contribution in [0.25, 0.3) is 10.8 Å². The number of aliphatic hydroxyl groups is 1. The lowest BCUT2D eigenvalue weighted by Crippen LogP contribution is -2.14. The van der Waals surface area contributed by atoms with E-state index in [1.54, 1.807) is 30.3 Å². The number of carbonyl (C=O) groups excluding carboxylic acids is 1. The van der Waals surface area contributed by atoms with Gasteiger partial charge in [-0.1, -0.05) is 30.3 Å². The van der Waals surface area contributed by atoms with Crippen LogP contribution < -0.4 is 10.1 Å². The van der Waals surface area contributed by atoms with Crippen molar-refractivity contribution in [1.29, 1.82) is 0 Å². The van der Waals surface area contributed by atoms with Crippen LogP contribution in [0.4, 0.5) is 5.69 Å². The third-order valence-corrected chi connectivity index (χ3v) is 3.50. The zero-order valence-corrected chi connectivity index (χ0v) is 12.6. The molecule has 3 rings (SSSR count). The average Bonchev–Trinajstić information content (AvgIpc) is 2.60. The van der Waals surface area contributed by atoms with Crippen molar-refractivity contribution in [2.75, 3.05) is 12.4 Å². The molecule has 2 N–H and O–H groups in total. The third-order valence-electron chi connectivity index (χ3n) is 3.50. The van der Waals surface area contributed by atoms with Gasteiger partial charge in [-0.3, -0.25) is 4.79 Å². The molecule has 2 aromatic carbocycles. The minimum atomic E-state index is -0.329. The van der Waals surface area contributed by atoms with Crippen molar-refractivity contribution in [3.8, 4) is 5.88 Å². The summed E-state index contributed by atoms with van der Waals surface area (Å²) in [6.45, 7) is -0.0776. The van der Waals surface area contributed by atoms with Crippen molar-refractivity contribution in [3.63, 3.8) is 0 Å². The maximum Gasteiger partial charge on any atom is 0.274 e. The first-order chi connectivity index (χ1) is 11.2. The molecule has 0 aliphatic heterocycles. The van der Waals surface area contributed by atoms with Gasteiger partial charge in [-0.05, 0) is 35.2 Å². The topological polar surface area (TPSA) is 71.5 Å². The van der Waals surface area contributed by atoms with Crippen LogP contribution in [0.3, 0.4) is 0 Å². The Bertz CT molecular complexity index is 862. The van der Waals surface area contributed by atoms with Crippen molar-refractivity contribution in [3.05, 3.63) is 65.9 Å². The molecule has 0 aliphatic rings. The summed E-state index contributed by atoms with van der Waals surface area (Å²) in [5.74, 6) is 0.0847. The van der Waals surface area contributed by atoms with Gasteiger partial charge in [0.15, 0.2) is 0 Å². The fraction of sp³-hybridized carbons (Fsp3) is 0.111. The number of hydrogen-bond acceptors (Lipinski definition) is 4. The molecule has 3 aromatic rings. The van der Waals surface area contributed by atoms with Crippen molar-refractivity contribution in [2.45, 2.75) is 6.61 Å². The quantitative estimate of drug-likeness (QED) is 0.777. The van der Waals surface area contributed by atoms with Crippen LogP contribution in [0.15, 0.2) is 54.6 Å². The fourth-order valence-corrected chi connectivity index (χ4v) is 2.38. The summed E-state index contributed by atoms with van der Waals surface area (Å²) in [6.07, 6.45) is 0. The van der Waals surface area contributed by atoms with E-state index in [1.807, 2.05) is 24.3 Å². The molecule has 0 spiro atoms. The van der Waals surface area contributed by atoms with Gasteiger partial charge >= 0.3 is 0 Å². The Balaban J connectivity index is 1.94. The van der Waals surface area contributed by atoms with Crippen molar-refractivity contribution in [2.24, 2.45) is 0 Å². The number of aromatic nitrogens is 1. The number of nitrogens with zero attached hydrogens (tertiary/aromatic N) is 1. The van der Waals surface area contributed by atoms with Gasteiger partial charge in [0.1, 0.15) is 5.69 Å². The highest BCUT2D eigenvalue weighted by atomic mass is 16.5. The molecule has 0 bridgehead atoms. The molecule has 0 unspecified atom stereocenters. The van der Waals surface area contributed by atoms with Crippen LogP contribution in [0.2, 0.25) is 0 Å². The van der Waals surface area contributed by atoms with Crippen molar-refractivity contribution in [1.82, 2.24) is 4.98 Å². The molecule has 23 heavy (non-hydrogen) atoms. The lowest BCUT2D eigenvalue weighted by molar-refractivity contribution is 0.102. The maximum absolute atomic E-state index is 12.4. The summed E-state index contributed by atoms with van der Waals surface area (Å²) in [4.78, 5) is 16.7. The van der Waals surface area contributed by atoms with E-state index in [9.17, 15) is 4.79 Å². The zero-order valence-electron chi connectivity index (χ0n) is 12.6. The summed E-state index contributed by atoms with van der Waals surface area (Å²) in [5, 5.41) is 13.7. The second kappa shape index (κ2) is 6.46. The fourth-order valence-electron chi connectivity index (χ4n) is 2.38. The van der Waals surface area contributed by atoms with Gasteiger partial charge in [0.05, 0.1) is 13.7 Å². The lowest BCUT2D eigenvalue weighted by Gasteiger charge is -2.09. The first kappa shape index (κ1) is 15.0. The number of ether oxygens (including phenoxy) is 1. The standard InChI is InChI=1S/C18H16N2O3/c1-23-18-15-8-3-2-6-13(15)10-16(20-18)17(22)19-14-7-4-5-12(9-14)11-21/h2-10,21H,11H2,1H3,(H,19,22). The van der Waals surface area contributed by atoms with Gasteiger partial charge in [-0.25, -0.2) is 4.98 Å². The number of methoxy groups -OCH3 is 1. The predicted octanol–water partition coefficient (Wildman–Crippen LogP) is 2.99. The van der Waals surface area contributed by atoms with Gasteiger partial charge < -0.3 is 15.2 Å². The number of benzene rings is 2. The Kier molecular flexibility index (Phi) is 4.21. The average molecular weight is 308 g/mol. The van der Waals surface area contributed by atoms with Crippen LogP contribution in [-0.4, -0.2) is 23.1 Å². The molecule has 0 saturated carbocycles. The molecule has 0 radical (unpaired) electrons. The summed E-state index contributed by atoms with van der Waals surface area (Å²) < 4.78 is 5.28. The predicted molar refractivity (Wildman–Crippen MR) is 88.6 cm³/mol. The summed E-state index contributed by atoms with van der Waals surface area (Å²) in [5.41, 5.74) is 1.61. The van der Waals surface area contributed by atoms with Crippen LogP contribution >= 0.6 is 0 Å². The van der Waals surface area contributed by atoms with E-state index in [1.165, 1.54) is 7.11 Å². The molecule has 0 saturated heterocycles. The molecule has 0 fully saturated rings. The van der Waals surface area contributed by atoms with Gasteiger partial charge in [0.2, 0.25) is 5.88 Å². The van der Waals surface area contributed by atoms with Gasteiger partial charge in [0.25, 0.3) is 5.91 Å². The minimum Gasteiger partial charge on any atom is -0.481 e. The zero-order chi connectivity index (χ0) is 16.2. The number of rotatable bonds is 4. The number of pyridine rings is 1. The normalized spacial score (nSPS) is 10.5. The molecular weight excluding hydrogens is 292 g/mol. The van der Waals surface area contributed by atoms with E-state index in [-0.39, 0.29) is 18.2 Å². The van der Waals surface area contributed by atoms with E-state index in [0.717, 1.165) is 16.3 Å². The first-order valence-corrected chi connectivity index (χ1v) is 7.16. The summed E-state index contributed by atoms with van der Waals surface area (Å²) in [6, 6.07) is 16.4. The molecule has 0 aliphatic carbocycles. The highest BCUT2D eigenvalue weighted by Gasteiger charge is 2.13. The van der Waals surface area contributed by atoms with Gasteiger partial charge in [-0.15, -0.1) is 0 Å². The number of carbonyl (C=O) groups is 1. The molecule has 1 amide bonds. The lowest BCUT2D eigenvalue weighted by atomic mass is 10.1. The monoisotopic (exact) mass is 308 g/mol. The summed E-state index contributed by atoms with van der Waals surface area (Å²) in [7, 11) is 1.53. The van der Waals surface area contributed by atoms with E-state index < -0.39 is 0 Å². The summed E-state index contributed by atoms with van der Waals surface area (Å²) >= 11 is 0.